The van der Waals surface area contributed by atoms with E-state index in [4.69, 9.17) is 0 Å². The first-order valence-electron chi connectivity index (χ1n) is 10.2. The molecule has 1 aromatic rings. The van der Waals surface area contributed by atoms with Gasteiger partial charge in [-0.3, -0.25) is 0 Å². The lowest BCUT2D eigenvalue weighted by Gasteiger charge is -2.38. The number of aryl methyl sites for hydroxylation is 2. The predicted octanol–water partition coefficient (Wildman–Crippen LogP) is 4.51. The second-order valence-corrected chi connectivity index (χ2v) is 8.30. The standard InChI is InChI=1S/C8H10.2C7H13N/c1-7-3-5-8(2)6-4-7;2*1-4-8-5-2-7(1)3-6-8/h3-6H,1-2H3;2*7H,1-6H2. The van der Waals surface area contributed by atoms with E-state index in [2.05, 4.69) is 47.9 Å². The maximum atomic E-state index is 2.58. The van der Waals surface area contributed by atoms with E-state index in [9.17, 15) is 0 Å². The quantitative estimate of drug-likeness (QED) is 0.691. The van der Waals surface area contributed by atoms with Crippen LogP contribution in [0.5, 0.6) is 0 Å². The molecule has 6 aliphatic rings. The van der Waals surface area contributed by atoms with E-state index in [0.717, 1.165) is 11.8 Å². The van der Waals surface area contributed by atoms with Crippen LogP contribution >= 0.6 is 0 Å². The highest BCUT2D eigenvalue weighted by Crippen LogP contribution is 2.26. The van der Waals surface area contributed by atoms with Crippen LogP contribution in [0.15, 0.2) is 24.3 Å². The molecule has 0 unspecified atom stereocenters. The Morgan fingerprint density at radius 1 is 0.542 bits per heavy atom. The van der Waals surface area contributed by atoms with E-state index in [1.165, 1.54) is 88.9 Å². The van der Waals surface area contributed by atoms with Crippen LogP contribution in [-0.2, 0) is 0 Å². The topological polar surface area (TPSA) is 6.48 Å². The van der Waals surface area contributed by atoms with Gasteiger partial charge >= 0.3 is 0 Å². The molecular formula is C22H36N2. The molecule has 0 aromatic heterocycles. The maximum Gasteiger partial charge on any atom is -0.00161 e. The SMILES string of the molecule is C1CN2CCC1CC2.C1CN2CCC1CC2.Cc1ccc(C)cc1. The minimum atomic E-state index is 1.11. The van der Waals surface area contributed by atoms with E-state index in [1.54, 1.807) is 0 Å². The molecule has 0 amide bonds. The van der Waals surface area contributed by atoms with Crippen molar-refractivity contribution in [3.05, 3.63) is 35.4 Å². The Bertz CT molecular complexity index is 374. The summed E-state index contributed by atoms with van der Waals surface area (Å²) in [6.07, 6.45) is 8.92. The Balaban J connectivity index is 0.000000106. The Hall–Kier alpha value is -0.860. The van der Waals surface area contributed by atoms with Gasteiger partial charge in [-0.25, -0.2) is 0 Å². The second kappa shape index (κ2) is 9.01. The number of fused-ring (bicyclic) bond motifs is 6. The molecule has 2 heteroatoms. The Kier molecular flexibility index (Phi) is 6.74. The fourth-order valence-corrected chi connectivity index (χ4v) is 4.36. The van der Waals surface area contributed by atoms with Crippen molar-refractivity contribution < 1.29 is 0 Å². The van der Waals surface area contributed by atoms with Gasteiger partial charge in [0.15, 0.2) is 0 Å². The highest BCUT2D eigenvalue weighted by Gasteiger charge is 2.25. The van der Waals surface area contributed by atoms with Gasteiger partial charge in [0, 0.05) is 0 Å². The minimum Gasteiger partial charge on any atom is -0.303 e. The highest BCUT2D eigenvalue weighted by atomic mass is 15.1. The van der Waals surface area contributed by atoms with Crippen LogP contribution in [0.1, 0.15) is 49.7 Å². The van der Waals surface area contributed by atoms with Crippen LogP contribution in [-0.4, -0.2) is 49.1 Å². The van der Waals surface area contributed by atoms with E-state index in [-0.39, 0.29) is 0 Å². The molecule has 0 spiro atoms. The number of benzene rings is 1. The molecule has 0 aliphatic carbocycles. The molecular weight excluding hydrogens is 292 g/mol. The molecule has 6 fully saturated rings. The number of hydrogen-bond donors (Lipinski definition) is 0. The first-order valence-corrected chi connectivity index (χ1v) is 10.2. The number of piperidine rings is 6. The lowest BCUT2D eigenvalue weighted by Crippen LogP contribution is -2.41. The van der Waals surface area contributed by atoms with Gasteiger partial charge in [0.1, 0.15) is 0 Å². The third kappa shape index (κ3) is 5.60. The molecule has 0 N–H and O–H groups in total. The van der Waals surface area contributed by atoms with E-state index in [0.29, 0.717) is 0 Å². The van der Waals surface area contributed by atoms with Crippen LogP contribution in [0, 0.1) is 25.7 Å². The van der Waals surface area contributed by atoms with Crippen molar-refractivity contribution in [2.75, 3.05) is 39.3 Å². The number of nitrogens with zero attached hydrogens (tertiary/aromatic N) is 2. The summed E-state index contributed by atoms with van der Waals surface area (Å²) in [7, 11) is 0. The van der Waals surface area contributed by atoms with Crippen molar-refractivity contribution in [2.24, 2.45) is 11.8 Å². The van der Waals surface area contributed by atoms with E-state index in [1.807, 2.05) is 0 Å². The molecule has 6 saturated heterocycles. The molecule has 1 aromatic carbocycles. The minimum absolute atomic E-state index is 1.11. The van der Waals surface area contributed by atoms with Crippen molar-refractivity contribution in [1.82, 2.24) is 9.80 Å². The van der Waals surface area contributed by atoms with Gasteiger partial charge in [-0.1, -0.05) is 35.4 Å². The average Bonchev–Trinajstić information content (AvgIpc) is 2.68. The summed E-state index contributed by atoms with van der Waals surface area (Å²) in [5, 5.41) is 0. The summed E-state index contributed by atoms with van der Waals surface area (Å²) in [6.45, 7) is 12.6. The molecule has 4 bridgehead atoms. The summed E-state index contributed by atoms with van der Waals surface area (Å²) in [6, 6.07) is 8.48. The summed E-state index contributed by atoms with van der Waals surface area (Å²) >= 11 is 0. The first-order chi connectivity index (χ1) is 11.7. The lowest BCUT2D eigenvalue weighted by atomic mass is 9.89. The van der Waals surface area contributed by atoms with Crippen molar-refractivity contribution in [2.45, 2.75) is 52.4 Å². The smallest absolute Gasteiger partial charge is 0.00161 e. The third-order valence-electron chi connectivity index (χ3n) is 6.34. The molecule has 0 radical (unpaired) electrons. The zero-order chi connectivity index (χ0) is 16.8. The van der Waals surface area contributed by atoms with Gasteiger partial charge < -0.3 is 9.80 Å². The van der Waals surface area contributed by atoms with Crippen LogP contribution in [0.4, 0.5) is 0 Å². The van der Waals surface area contributed by atoms with E-state index < -0.39 is 0 Å². The maximum absolute atomic E-state index is 2.58. The Morgan fingerprint density at radius 3 is 0.917 bits per heavy atom. The Morgan fingerprint density at radius 2 is 0.792 bits per heavy atom. The molecule has 7 rings (SSSR count). The average molecular weight is 329 g/mol. The summed E-state index contributed by atoms with van der Waals surface area (Å²) < 4.78 is 0. The van der Waals surface area contributed by atoms with Gasteiger partial charge in [0.2, 0.25) is 0 Å². The zero-order valence-corrected chi connectivity index (χ0v) is 15.8. The molecule has 6 aliphatic heterocycles. The third-order valence-corrected chi connectivity index (χ3v) is 6.34. The Labute approximate surface area is 149 Å². The molecule has 0 saturated carbocycles. The lowest BCUT2D eigenvalue weighted by molar-refractivity contribution is 0.111. The number of rotatable bonds is 0. The second-order valence-electron chi connectivity index (χ2n) is 8.30. The van der Waals surface area contributed by atoms with Gasteiger partial charge in [-0.05, 0) is 103 Å². The monoisotopic (exact) mass is 328 g/mol. The van der Waals surface area contributed by atoms with Crippen molar-refractivity contribution >= 4 is 0 Å². The molecule has 134 valence electrons. The zero-order valence-electron chi connectivity index (χ0n) is 15.8. The van der Waals surface area contributed by atoms with Crippen molar-refractivity contribution in [3.63, 3.8) is 0 Å². The van der Waals surface area contributed by atoms with Gasteiger partial charge in [-0.2, -0.15) is 0 Å². The normalized spacial score (nSPS) is 33.1. The molecule has 6 heterocycles. The van der Waals surface area contributed by atoms with Gasteiger partial charge in [0.25, 0.3) is 0 Å². The fourth-order valence-electron chi connectivity index (χ4n) is 4.36. The first kappa shape index (κ1) is 17.9. The molecule has 0 atom stereocenters. The number of hydrogen-bond acceptors (Lipinski definition) is 2. The van der Waals surface area contributed by atoms with Gasteiger partial charge in [-0.15, -0.1) is 0 Å². The fraction of sp³-hybridized carbons (Fsp3) is 0.727. The van der Waals surface area contributed by atoms with Gasteiger partial charge in [0.05, 0.1) is 0 Å². The van der Waals surface area contributed by atoms with Crippen LogP contribution < -0.4 is 0 Å². The molecule has 24 heavy (non-hydrogen) atoms. The van der Waals surface area contributed by atoms with E-state index >= 15 is 0 Å². The van der Waals surface area contributed by atoms with Crippen molar-refractivity contribution in [3.8, 4) is 0 Å². The summed E-state index contributed by atoms with van der Waals surface area (Å²) in [5.74, 6) is 2.22. The molecule has 2 nitrogen and oxygen atoms in total. The predicted molar refractivity (Wildman–Crippen MR) is 103 cm³/mol. The van der Waals surface area contributed by atoms with Crippen LogP contribution in [0.3, 0.4) is 0 Å². The highest BCUT2D eigenvalue weighted by molar-refractivity contribution is 5.19. The van der Waals surface area contributed by atoms with Crippen molar-refractivity contribution in [1.29, 1.82) is 0 Å². The summed E-state index contributed by atoms with van der Waals surface area (Å²) in [4.78, 5) is 5.17. The summed E-state index contributed by atoms with van der Waals surface area (Å²) in [5.41, 5.74) is 2.66. The largest absolute Gasteiger partial charge is 0.303 e. The van der Waals surface area contributed by atoms with Crippen LogP contribution in [0.2, 0.25) is 0 Å². The van der Waals surface area contributed by atoms with Crippen LogP contribution in [0.25, 0.3) is 0 Å².